The van der Waals surface area contributed by atoms with Crippen molar-refractivity contribution in [3.05, 3.63) is 65.2 Å². The second kappa shape index (κ2) is 12.5. The van der Waals surface area contributed by atoms with Crippen LogP contribution < -0.4 is 9.62 Å². The van der Waals surface area contributed by atoms with E-state index in [1.54, 1.807) is 18.2 Å². The number of hydrogen-bond acceptors (Lipinski definition) is 6. The lowest BCUT2D eigenvalue weighted by Crippen LogP contribution is -2.27. The van der Waals surface area contributed by atoms with Crippen molar-refractivity contribution in [1.29, 1.82) is 0 Å². The fourth-order valence-corrected chi connectivity index (χ4v) is 5.65. The molecule has 3 heterocycles. The Balaban J connectivity index is 1.67. The van der Waals surface area contributed by atoms with Gasteiger partial charge in [-0.3, -0.25) is 4.72 Å². The van der Waals surface area contributed by atoms with Crippen LogP contribution in [0.2, 0.25) is 5.02 Å². The molecule has 36 heavy (non-hydrogen) atoms. The highest BCUT2D eigenvalue weighted by Crippen LogP contribution is 2.32. The first-order valence-electron chi connectivity index (χ1n) is 12.6. The van der Waals surface area contributed by atoms with Crippen LogP contribution in [0.3, 0.4) is 0 Å². The minimum absolute atomic E-state index is 0.0453. The standard InChI is InChI=1S/C27H33ClN4O3S/c28-23-16-17-24-29-27(23)22-13-6-5-12-21(22)11-4-3-8-19-32(18-7-1-2-9-20-33)25-14-10-15-26(30-25)36(34,35)31-24/h5-6,10,12-17,33H,1-4,7-9,11,18-20H2,(H,29,31). The van der Waals surface area contributed by atoms with Crippen molar-refractivity contribution >= 4 is 33.3 Å². The Kier molecular flexibility index (Phi) is 9.18. The smallest absolute Gasteiger partial charge is 0.280 e. The molecule has 0 spiro atoms. The zero-order chi connectivity index (χ0) is 25.4. The zero-order valence-electron chi connectivity index (χ0n) is 20.4. The maximum absolute atomic E-state index is 13.2. The second-order valence-corrected chi connectivity index (χ2v) is 11.1. The van der Waals surface area contributed by atoms with Crippen LogP contribution in [-0.2, 0) is 16.4 Å². The van der Waals surface area contributed by atoms with Crippen LogP contribution in [0.1, 0.15) is 50.5 Å². The molecule has 3 aromatic rings. The number of fused-ring (bicyclic) bond motifs is 6. The van der Waals surface area contributed by atoms with E-state index in [0.717, 1.165) is 75.6 Å². The summed E-state index contributed by atoms with van der Waals surface area (Å²) in [6.45, 7) is 1.81. The number of halogens is 1. The van der Waals surface area contributed by atoms with E-state index < -0.39 is 10.0 Å². The summed E-state index contributed by atoms with van der Waals surface area (Å²) in [4.78, 5) is 11.3. The summed E-state index contributed by atoms with van der Waals surface area (Å²) in [6.07, 6.45) is 7.68. The maximum Gasteiger partial charge on any atom is 0.280 e. The number of anilines is 2. The van der Waals surface area contributed by atoms with Gasteiger partial charge < -0.3 is 10.0 Å². The first-order valence-corrected chi connectivity index (χ1v) is 14.4. The van der Waals surface area contributed by atoms with E-state index in [0.29, 0.717) is 16.5 Å². The fraction of sp³-hybridized carbons (Fsp3) is 0.407. The molecular formula is C27H33ClN4O3S. The lowest BCUT2D eigenvalue weighted by molar-refractivity contribution is 0.282. The molecule has 0 atom stereocenters. The van der Waals surface area contributed by atoms with Gasteiger partial charge in [0.15, 0.2) is 5.03 Å². The Morgan fingerprint density at radius 3 is 2.61 bits per heavy atom. The van der Waals surface area contributed by atoms with E-state index in [2.05, 4.69) is 25.7 Å². The average molecular weight is 529 g/mol. The third kappa shape index (κ3) is 6.75. The lowest BCUT2D eigenvalue weighted by Gasteiger charge is -2.24. The summed E-state index contributed by atoms with van der Waals surface area (Å²) in [5.41, 5.74) is 2.63. The predicted molar refractivity (Wildman–Crippen MR) is 145 cm³/mol. The minimum Gasteiger partial charge on any atom is -0.396 e. The number of nitrogens with zero attached hydrogens (tertiary/aromatic N) is 3. The molecule has 9 heteroatoms. The fourth-order valence-electron chi connectivity index (χ4n) is 4.48. The number of aryl methyl sites for hydroxylation is 1. The maximum atomic E-state index is 13.2. The van der Waals surface area contributed by atoms with Crippen molar-refractivity contribution in [3.8, 4) is 11.3 Å². The Bertz CT molecular complexity index is 1270. The van der Waals surface area contributed by atoms with Gasteiger partial charge in [0.05, 0.1) is 10.7 Å². The van der Waals surface area contributed by atoms with Crippen molar-refractivity contribution in [3.63, 3.8) is 0 Å². The van der Waals surface area contributed by atoms with Gasteiger partial charge in [0.1, 0.15) is 11.6 Å². The van der Waals surface area contributed by atoms with E-state index >= 15 is 0 Å². The van der Waals surface area contributed by atoms with Crippen molar-refractivity contribution < 1.29 is 13.5 Å². The molecule has 1 aliphatic rings. The number of unbranched alkanes of at least 4 members (excludes halogenated alkanes) is 3. The van der Waals surface area contributed by atoms with Crippen molar-refractivity contribution in [2.24, 2.45) is 0 Å². The number of aliphatic hydroxyl groups excluding tert-OH is 1. The third-order valence-electron chi connectivity index (χ3n) is 6.38. The molecule has 192 valence electrons. The summed E-state index contributed by atoms with van der Waals surface area (Å²) < 4.78 is 29.1. The van der Waals surface area contributed by atoms with Crippen LogP contribution in [0, 0.1) is 0 Å². The van der Waals surface area contributed by atoms with Gasteiger partial charge in [-0.2, -0.15) is 8.42 Å². The Labute approximate surface area is 218 Å². The average Bonchev–Trinajstić information content (AvgIpc) is 2.88. The normalized spacial score (nSPS) is 15.7. The van der Waals surface area contributed by atoms with E-state index in [-0.39, 0.29) is 17.5 Å². The van der Waals surface area contributed by atoms with Gasteiger partial charge in [-0.25, -0.2) is 9.97 Å². The van der Waals surface area contributed by atoms with Gasteiger partial charge >= 0.3 is 0 Å². The number of rotatable bonds is 6. The van der Waals surface area contributed by atoms with Crippen LogP contribution >= 0.6 is 11.6 Å². The van der Waals surface area contributed by atoms with E-state index in [1.807, 2.05) is 24.3 Å². The van der Waals surface area contributed by atoms with Gasteiger partial charge in [-0.15, -0.1) is 0 Å². The van der Waals surface area contributed by atoms with Gasteiger partial charge in [-0.05, 0) is 61.9 Å². The number of nitrogens with one attached hydrogen (secondary N) is 1. The molecule has 4 rings (SSSR count). The largest absolute Gasteiger partial charge is 0.396 e. The Hall–Kier alpha value is -2.68. The van der Waals surface area contributed by atoms with Crippen molar-refractivity contribution in [1.82, 2.24) is 9.97 Å². The molecule has 2 aromatic heterocycles. The first kappa shape index (κ1) is 26.4. The SMILES string of the molecule is O=S1(=O)Nc2ccc(Cl)c(n2)-c2ccccc2CCCCCN(CCCCCCO)c2cccc1n2. The predicted octanol–water partition coefficient (Wildman–Crippen LogP) is 5.68. The number of benzene rings is 1. The quantitative estimate of drug-likeness (QED) is 0.399. The molecule has 7 nitrogen and oxygen atoms in total. The van der Waals surface area contributed by atoms with Crippen molar-refractivity contribution in [2.75, 3.05) is 29.3 Å². The van der Waals surface area contributed by atoms with E-state index in [9.17, 15) is 8.42 Å². The van der Waals surface area contributed by atoms with Gasteiger partial charge in [0, 0.05) is 25.3 Å². The second-order valence-electron chi connectivity index (χ2n) is 9.06. The van der Waals surface area contributed by atoms with Crippen LogP contribution in [0.5, 0.6) is 0 Å². The van der Waals surface area contributed by atoms with Gasteiger partial charge in [-0.1, -0.05) is 61.2 Å². The van der Waals surface area contributed by atoms with Gasteiger partial charge in [0.25, 0.3) is 10.0 Å². The number of hydrogen-bond donors (Lipinski definition) is 2. The molecule has 1 aromatic carbocycles. The molecule has 0 unspecified atom stereocenters. The molecule has 4 bridgehead atoms. The van der Waals surface area contributed by atoms with Crippen molar-refractivity contribution in [2.45, 2.75) is 56.4 Å². The van der Waals surface area contributed by atoms with Crippen LogP contribution in [0.15, 0.2) is 59.6 Å². The highest BCUT2D eigenvalue weighted by molar-refractivity contribution is 7.92. The first-order chi connectivity index (χ1) is 17.5. The molecule has 0 radical (unpaired) electrons. The van der Waals surface area contributed by atoms with E-state index in [4.69, 9.17) is 16.7 Å². The zero-order valence-corrected chi connectivity index (χ0v) is 21.9. The lowest BCUT2D eigenvalue weighted by atomic mass is 9.98. The van der Waals surface area contributed by atoms with Crippen LogP contribution in [-0.4, -0.2) is 43.2 Å². The van der Waals surface area contributed by atoms with Crippen LogP contribution in [0.25, 0.3) is 11.3 Å². The highest BCUT2D eigenvalue weighted by atomic mass is 35.5. The van der Waals surface area contributed by atoms with Crippen LogP contribution in [0.4, 0.5) is 11.6 Å². The number of aromatic nitrogens is 2. The molecule has 0 saturated carbocycles. The third-order valence-corrected chi connectivity index (χ3v) is 7.94. The molecule has 0 fully saturated rings. The minimum atomic E-state index is -3.95. The Morgan fingerprint density at radius 1 is 0.917 bits per heavy atom. The summed E-state index contributed by atoms with van der Waals surface area (Å²) in [6, 6.07) is 16.4. The van der Waals surface area contributed by atoms with Gasteiger partial charge in [0.2, 0.25) is 0 Å². The highest BCUT2D eigenvalue weighted by Gasteiger charge is 2.20. The number of aliphatic hydroxyl groups is 1. The summed E-state index contributed by atoms with van der Waals surface area (Å²) in [5.74, 6) is 0.853. The molecule has 0 saturated heterocycles. The monoisotopic (exact) mass is 528 g/mol. The molecule has 1 aliphatic heterocycles. The summed E-state index contributed by atoms with van der Waals surface area (Å²) >= 11 is 6.50. The molecular weight excluding hydrogens is 496 g/mol. The number of pyridine rings is 2. The molecule has 0 amide bonds. The van der Waals surface area contributed by atoms with E-state index in [1.165, 1.54) is 6.07 Å². The summed E-state index contributed by atoms with van der Waals surface area (Å²) in [5, 5.41) is 9.46. The Morgan fingerprint density at radius 2 is 1.75 bits per heavy atom. The number of sulfonamides is 1. The molecule has 0 aliphatic carbocycles. The summed E-state index contributed by atoms with van der Waals surface area (Å²) in [7, 11) is -3.95. The topological polar surface area (TPSA) is 95.4 Å². The molecule has 2 N–H and O–H groups in total.